The number of aryl methyl sites for hydroxylation is 1. The maximum Gasteiger partial charge on any atom is 0.193 e. The van der Waals surface area contributed by atoms with Gasteiger partial charge in [-0.2, -0.15) is 0 Å². The Morgan fingerprint density at radius 1 is 1.16 bits per heavy atom. The predicted molar refractivity (Wildman–Crippen MR) is 117 cm³/mol. The molecule has 1 N–H and O–H groups in total. The van der Waals surface area contributed by atoms with E-state index in [1.165, 1.54) is 11.1 Å². The van der Waals surface area contributed by atoms with Crippen LogP contribution in [-0.2, 0) is 13.0 Å². The van der Waals surface area contributed by atoms with Crippen molar-refractivity contribution in [3.05, 3.63) is 64.4 Å². The van der Waals surface area contributed by atoms with E-state index in [9.17, 15) is 0 Å². The number of pyridine rings is 1. The van der Waals surface area contributed by atoms with E-state index in [1.807, 2.05) is 50.5 Å². The molecule has 0 saturated carbocycles. The summed E-state index contributed by atoms with van der Waals surface area (Å²) in [5, 5.41) is 4.10. The lowest BCUT2D eigenvalue weighted by Crippen LogP contribution is -2.38. The number of nitrogens with one attached hydrogen (secondary N) is 1. The molecule has 0 saturated heterocycles. The zero-order chi connectivity index (χ0) is 17.4. The van der Waals surface area contributed by atoms with Gasteiger partial charge in [-0.05, 0) is 49.6 Å². The number of hydrogen-bond acceptors (Lipinski definition) is 2. The van der Waals surface area contributed by atoms with Crippen molar-refractivity contribution in [3.8, 4) is 0 Å². The summed E-state index contributed by atoms with van der Waals surface area (Å²) < 4.78 is 0. The van der Waals surface area contributed by atoms with Gasteiger partial charge in [0.25, 0.3) is 0 Å². The molecule has 2 aromatic rings. The van der Waals surface area contributed by atoms with Crippen LogP contribution in [0.25, 0.3) is 0 Å². The number of halogens is 2. The first-order valence-electron chi connectivity index (χ1n) is 8.24. The van der Waals surface area contributed by atoms with E-state index in [-0.39, 0.29) is 24.0 Å². The molecular formula is C19H26ClIN4. The molecule has 0 atom stereocenters. The van der Waals surface area contributed by atoms with Crippen LogP contribution in [-0.4, -0.2) is 36.0 Å². The second-order valence-corrected chi connectivity index (χ2v) is 6.21. The van der Waals surface area contributed by atoms with Crippen LogP contribution in [0.4, 0.5) is 0 Å². The van der Waals surface area contributed by atoms with Crippen LogP contribution in [0.3, 0.4) is 0 Å². The maximum atomic E-state index is 5.94. The number of hydrogen-bond donors (Lipinski definition) is 1. The van der Waals surface area contributed by atoms with Crippen LogP contribution in [0, 0.1) is 6.92 Å². The minimum Gasteiger partial charge on any atom is -0.357 e. The Kier molecular flexibility index (Phi) is 9.82. The molecular weight excluding hydrogens is 447 g/mol. The number of nitrogens with zero attached hydrogens (tertiary/aromatic N) is 3. The number of aliphatic imine (C=N–C) groups is 1. The molecule has 0 amide bonds. The van der Waals surface area contributed by atoms with Crippen LogP contribution >= 0.6 is 35.6 Å². The largest absolute Gasteiger partial charge is 0.357 e. The third kappa shape index (κ3) is 7.61. The number of guanidine groups is 1. The Morgan fingerprint density at radius 3 is 2.44 bits per heavy atom. The van der Waals surface area contributed by atoms with Crippen molar-refractivity contribution in [1.82, 2.24) is 15.2 Å². The van der Waals surface area contributed by atoms with Crippen LogP contribution in [0.1, 0.15) is 23.7 Å². The quantitative estimate of drug-likeness (QED) is 0.387. The Morgan fingerprint density at radius 2 is 1.84 bits per heavy atom. The molecule has 0 fully saturated rings. The first kappa shape index (κ1) is 21.7. The van der Waals surface area contributed by atoms with Gasteiger partial charge in [0.05, 0.1) is 0 Å². The highest BCUT2D eigenvalue weighted by atomic mass is 127. The molecule has 4 nitrogen and oxygen atoms in total. The highest BCUT2D eigenvalue weighted by molar-refractivity contribution is 14.0. The Balaban J connectivity index is 0.00000312. The van der Waals surface area contributed by atoms with Crippen LogP contribution in [0.15, 0.2) is 47.6 Å². The zero-order valence-corrected chi connectivity index (χ0v) is 18.1. The monoisotopic (exact) mass is 472 g/mol. The molecule has 2 rings (SSSR count). The highest BCUT2D eigenvalue weighted by Gasteiger charge is 2.06. The van der Waals surface area contributed by atoms with E-state index >= 15 is 0 Å². The molecule has 25 heavy (non-hydrogen) atoms. The average Bonchev–Trinajstić information content (AvgIpc) is 2.58. The topological polar surface area (TPSA) is 40.5 Å². The molecule has 0 aliphatic carbocycles. The van der Waals surface area contributed by atoms with Crippen LogP contribution in [0.5, 0.6) is 0 Å². The molecule has 1 aromatic carbocycles. The first-order chi connectivity index (χ1) is 11.6. The highest BCUT2D eigenvalue weighted by Crippen LogP contribution is 2.11. The van der Waals surface area contributed by atoms with Gasteiger partial charge in [0.2, 0.25) is 0 Å². The Hall–Kier alpha value is -1.34. The van der Waals surface area contributed by atoms with E-state index < -0.39 is 0 Å². The lowest BCUT2D eigenvalue weighted by Gasteiger charge is -2.22. The van der Waals surface area contributed by atoms with Crippen LogP contribution < -0.4 is 5.32 Å². The zero-order valence-electron chi connectivity index (χ0n) is 15.0. The maximum absolute atomic E-state index is 5.94. The fourth-order valence-electron chi connectivity index (χ4n) is 2.35. The van der Waals surface area contributed by atoms with Gasteiger partial charge < -0.3 is 10.2 Å². The summed E-state index contributed by atoms with van der Waals surface area (Å²) in [5.74, 6) is 0.910. The van der Waals surface area contributed by atoms with Crippen molar-refractivity contribution in [3.63, 3.8) is 0 Å². The fourth-order valence-corrected chi connectivity index (χ4v) is 2.47. The first-order valence-corrected chi connectivity index (χ1v) is 8.61. The average molecular weight is 473 g/mol. The molecule has 1 aromatic heterocycles. The molecule has 0 bridgehead atoms. The molecule has 136 valence electrons. The number of rotatable bonds is 6. The third-order valence-electron chi connectivity index (χ3n) is 3.66. The smallest absolute Gasteiger partial charge is 0.193 e. The number of aromatic nitrogens is 1. The second-order valence-electron chi connectivity index (χ2n) is 5.78. The summed E-state index contributed by atoms with van der Waals surface area (Å²) in [7, 11) is 2.05. The van der Waals surface area contributed by atoms with Gasteiger partial charge in [-0.1, -0.05) is 29.8 Å². The Bertz CT molecular complexity index is 656. The summed E-state index contributed by atoms with van der Waals surface area (Å²) in [6.45, 7) is 6.44. The van der Waals surface area contributed by atoms with Crippen molar-refractivity contribution in [2.45, 2.75) is 26.8 Å². The Labute approximate surface area is 172 Å². The minimum atomic E-state index is 0. The molecule has 0 radical (unpaired) electrons. The van der Waals surface area contributed by atoms with Gasteiger partial charge in [0.15, 0.2) is 5.96 Å². The van der Waals surface area contributed by atoms with Gasteiger partial charge in [-0.3, -0.25) is 9.98 Å². The van der Waals surface area contributed by atoms with Gasteiger partial charge >= 0.3 is 0 Å². The number of benzene rings is 1. The van der Waals surface area contributed by atoms with E-state index in [4.69, 9.17) is 16.6 Å². The van der Waals surface area contributed by atoms with Crippen molar-refractivity contribution in [1.29, 1.82) is 0 Å². The van der Waals surface area contributed by atoms with Gasteiger partial charge in [0.1, 0.15) is 0 Å². The van der Waals surface area contributed by atoms with Gasteiger partial charge in [-0.25, -0.2) is 0 Å². The van der Waals surface area contributed by atoms with Crippen molar-refractivity contribution in [2.75, 3.05) is 20.1 Å². The SMILES string of the molecule is CCNC(=NCCc1ccc(C)nc1)N(C)Cc1ccc(Cl)cc1.I. The lowest BCUT2D eigenvalue weighted by atomic mass is 10.2. The van der Waals surface area contributed by atoms with E-state index in [0.29, 0.717) is 0 Å². The molecule has 0 aliphatic heterocycles. The van der Waals surface area contributed by atoms with Gasteiger partial charge in [-0.15, -0.1) is 24.0 Å². The molecule has 0 unspecified atom stereocenters. The molecule has 1 heterocycles. The van der Waals surface area contributed by atoms with Crippen molar-refractivity contribution >= 4 is 41.5 Å². The summed E-state index contributed by atoms with van der Waals surface area (Å²) >= 11 is 5.94. The second kappa shape index (κ2) is 11.3. The van der Waals surface area contributed by atoms with E-state index in [0.717, 1.165) is 42.7 Å². The van der Waals surface area contributed by atoms with Crippen molar-refractivity contribution in [2.24, 2.45) is 4.99 Å². The summed E-state index contributed by atoms with van der Waals surface area (Å²) in [6.07, 6.45) is 2.81. The molecule has 0 spiro atoms. The van der Waals surface area contributed by atoms with Crippen molar-refractivity contribution < 1.29 is 0 Å². The van der Waals surface area contributed by atoms with E-state index in [2.05, 4.69) is 28.2 Å². The molecule has 6 heteroatoms. The minimum absolute atomic E-state index is 0. The standard InChI is InChI=1S/C19H25ClN4.HI/c1-4-21-19(22-12-11-16-6-5-15(2)23-13-16)24(3)14-17-7-9-18(20)10-8-17;/h5-10,13H,4,11-12,14H2,1-3H3,(H,21,22);1H. The summed E-state index contributed by atoms with van der Waals surface area (Å²) in [4.78, 5) is 11.2. The molecule has 0 aliphatic rings. The van der Waals surface area contributed by atoms with Crippen LogP contribution in [0.2, 0.25) is 5.02 Å². The summed E-state index contributed by atoms with van der Waals surface area (Å²) in [6, 6.07) is 12.1. The van der Waals surface area contributed by atoms with Gasteiger partial charge in [0, 0.05) is 43.6 Å². The third-order valence-corrected chi connectivity index (χ3v) is 3.92. The predicted octanol–water partition coefficient (Wildman–Crippen LogP) is 4.30. The lowest BCUT2D eigenvalue weighted by molar-refractivity contribution is 0.477. The summed E-state index contributed by atoms with van der Waals surface area (Å²) in [5.41, 5.74) is 3.45. The normalized spacial score (nSPS) is 11.0. The fraction of sp³-hybridized carbons (Fsp3) is 0.368. The van der Waals surface area contributed by atoms with E-state index in [1.54, 1.807) is 0 Å².